The zero-order valence-corrected chi connectivity index (χ0v) is 9.95. The van der Waals surface area contributed by atoms with Crippen molar-refractivity contribution in [3.05, 3.63) is 18.1 Å². The molecule has 0 radical (unpaired) electrons. The van der Waals surface area contributed by atoms with E-state index >= 15 is 0 Å². The molecular weight excluding hydrogens is 230 g/mol. The lowest BCUT2D eigenvalue weighted by Crippen LogP contribution is -2.20. The summed E-state index contributed by atoms with van der Waals surface area (Å²) in [6, 6.07) is 0. The minimum Gasteiger partial charge on any atom is -0.383 e. The minimum atomic E-state index is -0.0541. The largest absolute Gasteiger partial charge is 0.383 e. The first-order valence-corrected chi connectivity index (χ1v) is 5.49. The van der Waals surface area contributed by atoms with Gasteiger partial charge in [0.1, 0.15) is 17.8 Å². The molecule has 6 nitrogen and oxygen atoms in total. The van der Waals surface area contributed by atoms with Gasteiger partial charge in [0, 0.05) is 26.1 Å². The van der Waals surface area contributed by atoms with Gasteiger partial charge in [0.2, 0.25) is 5.91 Å². The molecule has 0 bridgehead atoms. The first-order chi connectivity index (χ1) is 8.68. The van der Waals surface area contributed by atoms with Gasteiger partial charge in [-0.1, -0.05) is 11.8 Å². The van der Waals surface area contributed by atoms with Crippen molar-refractivity contribution in [1.82, 2.24) is 20.3 Å². The highest BCUT2D eigenvalue weighted by Crippen LogP contribution is 2.19. The second kappa shape index (κ2) is 5.19. The molecule has 4 N–H and O–H groups in total. The van der Waals surface area contributed by atoms with Gasteiger partial charge in [-0.15, -0.1) is 0 Å². The number of hydrogen-bond donors (Lipinski definition) is 3. The van der Waals surface area contributed by atoms with Crippen molar-refractivity contribution in [3.63, 3.8) is 0 Å². The number of nitrogens with two attached hydrogens (primary N) is 1. The lowest BCUT2D eigenvalue weighted by atomic mass is 10.2. The van der Waals surface area contributed by atoms with Crippen LogP contribution < -0.4 is 11.1 Å². The molecule has 1 amide bonds. The molecule has 0 aliphatic carbocycles. The van der Waals surface area contributed by atoms with E-state index in [4.69, 9.17) is 5.73 Å². The fraction of sp³-hybridized carbons (Fsp3) is 0.250. The number of carbonyl (C=O) groups is 1. The van der Waals surface area contributed by atoms with E-state index in [-0.39, 0.29) is 5.91 Å². The molecule has 6 heteroatoms. The number of carbonyl (C=O) groups excluding carboxylic acids is 1. The van der Waals surface area contributed by atoms with Gasteiger partial charge in [0.25, 0.3) is 0 Å². The SMILES string of the molecule is CC(=O)NCCC#Cc1c[nH]c2ncnc(N)c12. The number of H-pyrrole nitrogens is 1. The maximum Gasteiger partial charge on any atom is 0.216 e. The molecule has 18 heavy (non-hydrogen) atoms. The van der Waals surface area contributed by atoms with Gasteiger partial charge in [-0.25, -0.2) is 9.97 Å². The second-order valence-corrected chi connectivity index (χ2v) is 3.72. The van der Waals surface area contributed by atoms with Gasteiger partial charge in [-0.3, -0.25) is 4.79 Å². The summed E-state index contributed by atoms with van der Waals surface area (Å²) in [4.78, 5) is 21.6. The predicted molar refractivity (Wildman–Crippen MR) is 68.5 cm³/mol. The number of nitrogen functional groups attached to an aromatic ring is 1. The summed E-state index contributed by atoms with van der Waals surface area (Å²) < 4.78 is 0. The van der Waals surface area contributed by atoms with Crippen molar-refractivity contribution < 1.29 is 4.79 Å². The number of rotatable bonds is 2. The van der Waals surface area contributed by atoms with E-state index in [0.717, 1.165) is 10.9 Å². The minimum absolute atomic E-state index is 0.0541. The molecule has 0 fully saturated rings. The van der Waals surface area contributed by atoms with E-state index < -0.39 is 0 Å². The molecule has 92 valence electrons. The fourth-order valence-corrected chi connectivity index (χ4v) is 1.54. The summed E-state index contributed by atoms with van der Waals surface area (Å²) in [7, 11) is 0. The number of aromatic nitrogens is 3. The van der Waals surface area contributed by atoms with Crippen LogP contribution in [0.3, 0.4) is 0 Å². The zero-order valence-electron chi connectivity index (χ0n) is 9.95. The smallest absolute Gasteiger partial charge is 0.216 e. The molecule has 0 aliphatic rings. The van der Waals surface area contributed by atoms with Crippen LogP contribution in [0.15, 0.2) is 12.5 Å². The van der Waals surface area contributed by atoms with Gasteiger partial charge in [0.05, 0.1) is 10.9 Å². The van der Waals surface area contributed by atoms with Crippen LogP contribution in [0.1, 0.15) is 18.9 Å². The lowest BCUT2D eigenvalue weighted by molar-refractivity contribution is -0.118. The van der Waals surface area contributed by atoms with E-state index in [1.54, 1.807) is 6.20 Å². The first kappa shape index (κ1) is 11.9. The Morgan fingerprint density at radius 3 is 3.17 bits per heavy atom. The van der Waals surface area contributed by atoms with Crippen LogP contribution in [-0.4, -0.2) is 27.4 Å². The normalized spacial score (nSPS) is 9.83. The quantitative estimate of drug-likeness (QED) is 0.526. The van der Waals surface area contributed by atoms with Gasteiger partial charge in [-0.2, -0.15) is 0 Å². The number of nitrogens with one attached hydrogen (secondary N) is 2. The summed E-state index contributed by atoms with van der Waals surface area (Å²) in [5.74, 6) is 6.31. The lowest BCUT2D eigenvalue weighted by Gasteiger charge is -1.95. The first-order valence-electron chi connectivity index (χ1n) is 5.49. The van der Waals surface area contributed by atoms with Crippen LogP contribution in [-0.2, 0) is 4.79 Å². The highest BCUT2D eigenvalue weighted by atomic mass is 16.1. The van der Waals surface area contributed by atoms with Crippen LogP contribution in [0, 0.1) is 11.8 Å². The van der Waals surface area contributed by atoms with Crippen LogP contribution in [0.4, 0.5) is 5.82 Å². The van der Waals surface area contributed by atoms with Gasteiger partial charge < -0.3 is 16.0 Å². The zero-order chi connectivity index (χ0) is 13.0. The Morgan fingerprint density at radius 2 is 2.39 bits per heavy atom. The molecule has 2 rings (SSSR count). The van der Waals surface area contributed by atoms with Crippen LogP contribution in [0.2, 0.25) is 0 Å². The summed E-state index contributed by atoms with van der Waals surface area (Å²) in [6.45, 7) is 2.02. The van der Waals surface area contributed by atoms with Crippen molar-refractivity contribution >= 4 is 22.8 Å². The number of amides is 1. The third-order valence-corrected chi connectivity index (χ3v) is 2.35. The Bertz CT molecular complexity index is 635. The summed E-state index contributed by atoms with van der Waals surface area (Å²) in [5.41, 5.74) is 7.22. The number of anilines is 1. The third-order valence-electron chi connectivity index (χ3n) is 2.35. The van der Waals surface area contributed by atoms with Gasteiger partial charge in [0.15, 0.2) is 0 Å². The molecule has 0 saturated carbocycles. The Kier molecular flexibility index (Phi) is 3.44. The Hall–Kier alpha value is -2.55. The Labute approximate surface area is 104 Å². The molecule has 0 saturated heterocycles. The number of hydrogen-bond acceptors (Lipinski definition) is 4. The second-order valence-electron chi connectivity index (χ2n) is 3.72. The molecule has 0 unspecified atom stereocenters. The highest BCUT2D eigenvalue weighted by Gasteiger charge is 2.06. The Balaban J connectivity index is 2.13. The molecule has 0 spiro atoms. The standard InChI is InChI=1S/C12H13N5O/c1-8(18)14-5-3-2-4-9-6-15-12-10(9)11(13)16-7-17-12/h6-7H,3,5H2,1H3,(H,14,18)(H3,13,15,16,17). The van der Waals surface area contributed by atoms with Gasteiger partial charge >= 0.3 is 0 Å². The number of nitrogens with zero attached hydrogens (tertiary/aromatic N) is 2. The van der Waals surface area contributed by atoms with Crippen LogP contribution in [0.5, 0.6) is 0 Å². The summed E-state index contributed by atoms with van der Waals surface area (Å²) in [6.07, 6.45) is 3.74. The molecule has 0 aromatic carbocycles. The number of fused-ring (bicyclic) bond motifs is 1. The summed E-state index contributed by atoms with van der Waals surface area (Å²) in [5, 5.41) is 3.42. The van der Waals surface area contributed by atoms with Crippen molar-refractivity contribution in [3.8, 4) is 11.8 Å². The molecule has 0 atom stereocenters. The maximum atomic E-state index is 10.7. The van der Waals surface area contributed by atoms with Crippen molar-refractivity contribution in [2.45, 2.75) is 13.3 Å². The average molecular weight is 243 g/mol. The predicted octanol–water partition coefficient (Wildman–Crippen LogP) is 0.418. The summed E-state index contributed by atoms with van der Waals surface area (Å²) >= 11 is 0. The van der Waals surface area contributed by atoms with E-state index in [9.17, 15) is 4.79 Å². The van der Waals surface area contributed by atoms with E-state index in [0.29, 0.717) is 24.4 Å². The van der Waals surface area contributed by atoms with Crippen molar-refractivity contribution in [2.75, 3.05) is 12.3 Å². The van der Waals surface area contributed by atoms with E-state index in [1.807, 2.05) is 0 Å². The van der Waals surface area contributed by atoms with Crippen LogP contribution >= 0.6 is 0 Å². The monoisotopic (exact) mass is 243 g/mol. The van der Waals surface area contributed by atoms with Gasteiger partial charge in [-0.05, 0) is 0 Å². The molecule has 2 heterocycles. The molecule has 2 aromatic rings. The molecule has 2 aromatic heterocycles. The topological polar surface area (TPSA) is 96.7 Å². The third kappa shape index (κ3) is 2.58. The van der Waals surface area contributed by atoms with E-state index in [2.05, 4.69) is 32.1 Å². The molecular formula is C12H13N5O. The Morgan fingerprint density at radius 1 is 1.56 bits per heavy atom. The highest BCUT2D eigenvalue weighted by molar-refractivity contribution is 5.91. The average Bonchev–Trinajstić information content (AvgIpc) is 2.73. The van der Waals surface area contributed by atoms with Crippen molar-refractivity contribution in [2.24, 2.45) is 0 Å². The van der Waals surface area contributed by atoms with Crippen LogP contribution in [0.25, 0.3) is 11.0 Å². The fourth-order valence-electron chi connectivity index (χ4n) is 1.54. The van der Waals surface area contributed by atoms with E-state index in [1.165, 1.54) is 13.3 Å². The molecule has 0 aliphatic heterocycles. The van der Waals surface area contributed by atoms with Crippen molar-refractivity contribution in [1.29, 1.82) is 0 Å². The maximum absolute atomic E-state index is 10.7. The number of aromatic amines is 1.